The molecule has 0 amide bonds. The Bertz CT molecular complexity index is 346. The van der Waals surface area contributed by atoms with Gasteiger partial charge in [-0.2, -0.15) is 0 Å². The van der Waals surface area contributed by atoms with E-state index in [1.54, 1.807) is 0 Å². The molecule has 2 nitrogen and oxygen atoms in total. The van der Waals surface area contributed by atoms with Crippen molar-refractivity contribution in [2.75, 3.05) is 19.7 Å². The Morgan fingerprint density at radius 2 is 1.84 bits per heavy atom. The summed E-state index contributed by atoms with van der Waals surface area (Å²) >= 11 is 0. The smallest absolute Gasteiger partial charge is 0.119 e. The van der Waals surface area contributed by atoms with Gasteiger partial charge in [-0.1, -0.05) is 26.0 Å². The van der Waals surface area contributed by atoms with Gasteiger partial charge in [-0.05, 0) is 61.9 Å². The van der Waals surface area contributed by atoms with Crippen molar-refractivity contribution < 1.29 is 4.74 Å². The van der Waals surface area contributed by atoms with Crippen molar-refractivity contribution >= 4 is 12.4 Å². The Hall–Kier alpha value is -0.730. The molecule has 0 saturated carbocycles. The maximum atomic E-state index is 5.89. The Morgan fingerprint density at radius 3 is 2.42 bits per heavy atom. The average molecular weight is 284 g/mol. The van der Waals surface area contributed by atoms with E-state index >= 15 is 0 Å². The molecule has 1 heterocycles. The molecule has 0 spiro atoms. The molecule has 2 rings (SSSR count). The monoisotopic (exact) mass is 283 g/mol. The molecule has 1 aromatic carbocycles. The van der Waals surface area contributed by atoms with E-state index in [2.05, 4.69) is 43.4 Å². The molecule has 19 heavy (non-hydrogen) atoms. The Balaban J connectivity index is 0.00000180. The lowest BCUT2D eigenvalue weighted by Crippen LogP contribution is -2.30. The topological polar surface area (TPSA) is 21.3 Å². The zero-order valence-corrected chi connectivity index (χ0v) is 12.8. The second-order valence-corrected chi connectivity index (χ2v) is 5.38. The first-order chi connectivity index (χ1) is 8.79. The van der Waals surface area contributed by atoms with Crippen LogP contribution in [0.25, 0.3) is 0 Å². The van der Waals surface area contributed by atoms with E-state index in [1.807, 2.05) is 0 Å². The number of hydrogen-bond donors (Lipinski definition) is 1. The van der Waals surface area contributed by atoms with Gasteiger partial charge in [-0.15, -0.1) is 12.4 Å². The fraction of sp³-hybridized carbons (Fsp3) is 0.625. The fourth-order valence-electron chi connectivity index (χ4n) is 2.39. The van der Waals surface area contributed by atoms with E-state index in [9.17, 15) is 0 Å². The predicted molar refractivity (Wildman–Crippen MR) is 83.5 cm³/mol. The van der Waals surface area contributed by atoms with Gasteiger partial charge in [0.25, 0.3) is 0 Å². The zero-order chi connectivity index (χ0) is 12.8. The van der Waals surface area contributed by atoms with Crippen molar-refractivity contribution in [3.63, 3.8) is 0 Å². The molecule has 1 saturated heterocycles. The SMILES string of the molecule is CCC(C)c1ccc(OCC2CCNCC2)cc1.Cl. The van der Waals surface area contributed by atoms with E-state index in [0.717, 1.165) is 31.4 Å². The maximum absolute atomic E-state index is 5.89. The highest BCUT2D eigenvalue weighted by atomic mass is 35.5. The van der Waals surface area contributed by atoms with Crippen LogP contribution >= 0.6 is 12.4 Å². The molecule has 1 N–H and O–H groups in total. The molecule has 1 aliphatic rings. The highest BCUT2D eigenvalue weighted by Crippen LogP contribution is 2.22. The van der Waals surface area contributed by atoms with E-state index in [-0.39, 0.29) is 12.4 Å². The van der Waals surface area contributed by atoms with Gasteiger partial charge in [0.15, 0.2) is 0 Å². The Morgan fingerprint density at radius 1 is 1.21 bits per heavy atom. The van der Waals surface area contributed by atoms with Crippen LogP contribution in [0.3, 0.4) is 0 Å². The van der Waals surface area contributed by atoms with Gasteiger partial charge in [0.2, 0.25) is 0 Å². The molecular formula is C16H26ClNO. The molecule has 3 heteroatoms. The third-order valence-electron chi connectivity index (χ3n) is 4.01. The second kappa shape index (κ2) is 8.44. The van der Waals surface area contributed by atoms with Gasteiger partial charge in [0.05, 0.1) is 6.61 Å². The molecule has 1 aliphatic heterocycles. The van der Waals surface area contributed by atoms with Gasteiger partial charge >= 0.3 is 0 Å². The van der Waals surface area contributed by atoms with Gasteiger partial charge in [-0.3, -0.25) is 0 Å². The van der Waals surface area contributed by atoms with Gasteiger partial charge in [-0.25, -0.2) is 0 Å². The first-order valence-electron chi connectivity index (χ1n) is 7.23. The third kappa shape index (κ3) is 5.04. The van der Waals surface area contributed by atoms with Crippen molar-refractivity contribution in [2.45, 2.75) is 39.0 Å². The molecule has 0 bridgehead atoms. The summed E-state index contributed by atoms with van der Waals surface area (Å²) in [6.45, 7) is 7.64. The van der Waals surface area contributed by atoms with E-state index in [1.165, 1.54) is 24.8 Å². The number of ether oxygens (including phenoxy) is 1. The highest BCUT2D eigenvalue weighted by molar-refractivity contribution is 5.85. The molecular weight excluding hydrogens is 258 g/mol. The van der Waals surface area contributed by atoms with Crippen molar-refractivity contribution in [3.05, 3.63) is 29.8 Å². The zero-order valence-electron chi connectivity index (χ0n) is 12.0. The minimum Gasteiger partial charge on any atom is -0.493 e. The van der Waals surface area contributed by atoms with Crippen LogP contribution in [0.2, 0.25) is 0 Å². The summed E-state index contributed by atoms with van der Waals surface area (Å²) in [5, 5.41) is 3.38. The second-order valence-electron chi connectivity index (χ2n) is 5.38. The molecule has 0 radical (unpaired) electrons. The molecule has 1 unspecified atom stereocenters. The molecule has 0 aromatic heterocycles. The summed E-state index contributed by atoms with van der Waals surface area (Å²) in [4.78, 5) is 0. The molecule has 1 atom stereocenters. The lowest BCUT2D eigenvalue weighted by atomic mass is 9.98. The van der Waals surface area contributed by atoms with Gasteiger partial charge in [0.1, 0.15) is 5.75 Å². The Kier molecular flexibility index (Phi) is 7.25. The normalized spacial score (nSPS) is 17.6. The summed E-state index contributed by atoms with van der Waals surface area (Å²) in [6, 6.07) is 8.63. The average Bonchev–Trinajstić information content (AvgIpc) is 2.46. The first kappa shape index (κ1) is 16.3. The predicted octanol–water partition coefficient (Wildman–Crippen LogP) is 4.00. The summed E-state index contributed by atoms with van der Waals surface area (Å²) in [5.74, 6) is 2.38. The lowest BCUT2D eigenvalue weighted by molar-refractivity contribution is 0.215. The van der Waals surface area contributed by atoms with Crippen molar-refractivity contribution in [2.24, 2.45) is 5.92 Å². The van der Waals surface area contributed by atoms with Crippen LogP contribution in [-0.2, 0) is 0 Å². The summed E-state index contributed by atoms with van der Waals surface area (Å²) < 4.78 is 5.89. The molecule has 1 aromatic rings. The largest absolute Gasteiger partial charge is 0.493 e. The minimum absolute atomic E-state index is 0. The van der Waals surface area contributed by atoms with Crippen LogP contribution in [-0.4, -0.2) is 19.7 Å². The van der Waals surface area contributed by atoms with Gasteiger partial charge in [0, 0.05) is 0 Å². The molecule has 108 valence electrons. The van der Waals surface area contributed by atoms with Crippen LogP contribution in [0, 0.1) is 5.92 Å². The molecule has 0 aliphatic carbocycles. The van der Waals surface area contributed by atoms with E-state index in [0.29, 0.717) is 5.92 Å². The standard InChI is InChI=1S/C16H25NO.ClH/c1-3-13(2)15-4-6-16(7-5-15)18-12-14-8-10-17-11-9-14;/h4-7,13-14,17H,3,8-12H2,1-2H3;1H. The van der Waals surface area contributed by atoms with Crippen LogP contribution in [0.5, 0.6) is 5.75 Å². The third-order valence-corrected chi connectivity index (χ3v) is 4.01. The quantitative estimate of drug-likeness (QED) is 0.882. The maximum Gasteiger partial charge on any atom is 0.119 e. The van der Waals surface area contributed by atoms with E-state index < -0.39 is 0 Å². The number of nitrogens with one attached hydrogen (secondary N) is 1. The van der Waals surface area contributed by atoms with Crippen LogP contribution < -0.4 is 10.1 Å². The highest BCUT2D eigenvalue weighted by Gasteiger charge is 2.13. The molecule has 1 fully saturated rings. The van der Waals surface area contributed by atoms with Crippen molar-refractivity contribution in [1.29, 1.82) is 0 Å². The fourth-order valence-corrected chi connectivity index (χ4v) is 2.39. The van der Waals surface area contributed by atoms with Crippen LogP contribution in [0.15, 0.2) is 24.3 Å². The van der Waals surface area contributed by atoms with Crippen molar-refractivity contribution in [3.8, 4) is 5.75 Å². The first-order valence-corrected chi connectivity index (χ1v) is 7.23. The summed E-state index contributed by atoms with van der Waals surface area (Å²) in [5.41, 5.74) is 1.41. The number of piperidine rings is 1. The number of rotatable bonds is 5. The number of benzene rings is 1. The van der Waals surface area contributed by atoms with Crippen LogP contribution in [0.1, 0.15) is 44.6 Å². The number of halogens is 1. The Labute approximate surface area is 123 Å². The lowest BCUT2D eigenvalue weighted by Gasteiger charge is -2.22. The van der Waals surface area contributed by atoms with Gasteiger partial charge < -0.3 is 10.1 Å². The summed E-state index contributed by atoms with van der Waals surface area (Å²) in [6.07, 6.45) is 3.67. The van der Waals surface area contributed by atoms with E-state index in [4.69, 9.17) is 4.74 Å². The van der Waals surface area contributed by atoms with Crippen molar-refractivity contribution in [1.82, 2.24) is 5.32 Å². The summed E-state index contributed by atoms with van der Waals surface area (Å²) in [7, 11) is 0. The number of hydrogen-bond acceptors (Lipinski definition) is 2. The minimum atomic E-state index is 0. The van der Waals surface area contributed by atoms with Crippen LogP contribution in [0.4, 0.5) is 0 Å².